The maximum atomic E-state index is 12.5. The first-order valence-corrected chi connectivity index (χ1v) is 8.73. The van der Waals surface area contributed by atoms with Crippen molar-refractivity contribution in [3.8, 4) is 0 Å². The van der Waals surface area contributed by atoms with Crippen LogP contribution in [0, 0.1) is 0 Å². The second kappa shape index (κ2) is 11.3. The number of nitrogens with one attached hydrogen (secondary N) is 2. The summed E-state index contributed by atoms with van der Waals surface area (Å²) in [4.78, 5) is 5.54. The van der Waals surface area contributed by atoms with Gasteiger partial charge in [-0.3, -0.25) is 9.89 Å². The van der Waals surface area contributed by atoms with Crippen molar-refractivity contribution in [2.45, 2.75) is 24.7 Å². The van der Waals surface area contributed by atoms with Gasteiger partial charge in [0.05, 0.1) is 12.6 Å². The number of nitrogens with zero attached hydrogens (tertiary/aromatic N) is 2. The van der Waals surface area contributed by atoms with Crippen molar-refractivity contribution in [1.29, 1.82) is 0 Å². The highest BCUT2D eigenvalue weighted by atomic mass is 127. The average Bonchev–Trinajstić information content (AvgIpc) is 2.99. The molecule has 1 aromatic carbocycles. The molecule has 1 saturated heterocycles. The molecular formula is C17H25ClF3IN4O. The van der Waals surface area contributed by atoms with E-state index in [0.29, 0.717) is 37.0 Å². The first kappa shape index (κ1) is 24.3. The quantitative estimate of drug-likeness (QED) is 0.343. The third kappa shape index (κ3) is 8.41. The standard InChI is InChI=1S/C17H24ClF3N4O.HI/c1-22-16(24-14-6-7-25(10-14)11-17(19,20)21)23-9-15(26-2)12-4-3-5-13(18)8-12;/h3-5,8,14-15H,6-7,9-11H2,1-2H3,(H2,22,23,24);1H. The Morgan fingerprint density at radius 2 is 2.19 bits per heavy atom. The zero-order valence-corrected chi connectivity index (χ0v) is 18.3. The summed E-state index contributed by atoms with van der Waals surface area (Å²) in [6.45, 7) is 0.326. The van der Waals surface area contributed by atoms with Crippen LogP contribution in [0.2, 0.25) is 5.02 Å². The molecule has 0 saturated carbocycles. The fourth-order valence-electron chi connectivity index (χ4n) is 2.97. The van der Waals surface area contributed by atoms with Gasteiger partial charge >= 0.3 is 6.18 Å². The number of rotatable bonds is 6. The molecule has 1 heterocycles. The van der Waals surface area contributed by atoms with Crippen LogP contribution < -0.4 is 10.6 Å². The van der Waals surface area contributed by atoms with Gasteiger partial charge in [0, 0.05) is 44.9 Å². The van der Waals surface area contributed by atoms with Crippen LogP contribution in [0.25, 0.3) is 0 Å². The minimum Gasteiger partial charge on any atom is -0.375 e. The number of likely N-dealkylation sites (tertiary alicyclic amines) is 1. The van der Waals surface area contributed by atoms with Crippen molar-refractivity contribution in [3.63, 3.8) is 0 Å². The van der Waals surface area contributed by atoms with E-state index in [4.69, 9.17) is 16.3 Å². The Hall–Kier alpha value is -0.780. The van der Waals surface area contributed by atoms with Gasteiger partial charge in [-0.2, -0.15) is 13.2 Å². The van der Waals surface area contributed by atoms with Crippen molar-refractivity contribution in [1.82, 2.24) is 15.5 Å². The topological polar surface area (TPSA) is 48.9 Å². The molecule has 1 aromatic rings. The van der Waals surface area contributed by atoms with Crippen LogP contribution in [0.15, 0.2) is 29.3 Å². The lowest BCUT2D eigenvalue weighted by Gasteiger charge is -2.22. The molecule has 1 aliphatic rings. The van der Waals surface area contributed by atoms with Gasteiger partial charge in [-0.25, -0.2) is 0 Å². The zero-order valence-electron chi connectivity index (χ0n) is 15.2. The number of aliphatic imine (C=N–C) groups is 1. The van der Waals surface area contributed by atoms with E-state index >= 15 is 0 Å². The zero-order chi connectivity index (χ0) is 19.2. The predicted octanol–water partition coefficient (Wildman–Crippen LogP) is 3.45. The Morgan fingerprint density at radius 3 is 2.78 bits per heavy atom. The van der Waals surface area contributed by atoms with E-state index < -0.39 is 12.7 Å². The van der Waals surface area contributed by atoms with E-state index in [1.54, 1.807) is 20.2 Å². The van der Waals surface area contributed by atoms with Crippen LogP contribution in [0.4, 0.5) is 13.2 Å². The molecule has 0 bridgehead atoms. The molecule has 1 fully saturated rings. The highest BCUT2D eigenvalue weighted by molar-refractivity contribution is 14.0. The van der Waals surface area contributed by atoms with Crippen LogP contribution in [-0.4, -0.2) is 63.4 Å². The summed E-state index contributed by atoms with van der Waals surface area (Å²) < 4.78 is 42.9. The van der Waals surface area contributed by atoms with Crippen LogP contribution >= 0.6 is 35.6 Å². The minimum absolute atomic E-state index is 0. The maximum absolute atomic E-state index is 12.5. The lowest BCUT2D eigenvalue weighted by molar-refractivity contribution is -0.143. The first-order valence-electron chi connectivity index (χ1n) is 8.35. The SMILES string of the molecule is CN=C(NCC(OC)c1cccc(Cl)c1)NC1CCN(CC(F)(F)F)C1.I. The van der Waals surface area contributed by atoms with E-state index in [1.807, 2.05) is 18.2 Å². The lowest BCUT2D eigenvalue weighted by atomic mass is 10.1. The molecule has 27 heavy (non-hydrogen) atoms. The smallest absolute Gasteiger partial charge is 0.375 e. The monoisotopic (exact) mass is 520 g/mol. The third-order valence-electron chi connectivity index (χ3n) is 4.20. The van der Waals surface area contributed by atoms with Gasteiger partial charge in [0.25, 0.3) is 0 Å². The van der Waals surface area contributed by atoms with Gasteiger partial charge in [-0.15, -0.1) is 24.0 Å². The summed E-state index contributed by atoms with van der Waals surface area (Å²) in [7, 11) is 3.23. The molecule has 2 N–H and O–H groups in total. The molecule has 0 amide bonds. The normalized spacial score (nSPS) is 19.5. The summed E-state index contributed by atoms with van der Waals surface area (Å²) in [5, 5.41) is 6.96. The van der Waals surface area contributed by atoms with E-state index in [0.717, 1.165) is 5.56 Å². The second-order valence-corrected chi connectivity index (χ2v) is 6.65. The molecule has 0 spiro atoms. The third-order valence-corrected chi connectivity index (χ3v) is 4.43. The van der Waals surface area contributed by atoms with Crippen LogP contribution in [0.5, 0.6) is 0 Å². The van der Waals surface area contributed by atoms with E-state index in [-0.39, 0.29) is 36.1 Å². The summed E-state index contributed by atoms with van der Waals surface area (Å²) in [6.07, 6.45) is -3.76. The molecule has 2 atom stereocenters. The molecule has 1 aliphatic heterocycles. The Labute approximate surface area is 179 Å². The van der Waals surface area contributed by atoms with Gasteiger partial charge < -0.3 is 15.4 Å². The van der Waals surface area contributed by atoms with Gasteiger partial charge in [0.1, 0.15) is 0 Å². The summed E-state index contributed by atoms with van der Waals surface area (Å²) in [5.41, 5.74) is 0.931. The van der Waals surface area contributed by atoms with Gasteiger partial charge in [-0.1, -0.05) is 23.7 Å². The Balaban J connectivity index is 0.00000364. The lowest BCUT2D eigenvalue weighted by Crippen LogP contribution is -2.46. The Morgan fingerprint density at radius 1 is 1.44 bits per heavy atom. The van der Waals surface area contributed by atoms with Crippen LogP contribution in [-0.2, 0) is 4.74 Å². The number of hydrogen-bond donors (Lipinski definition) is 2. The molecule has 0 aliphatic carbocycles. The molecular weight excluding hydrogens is 496 g/mol. The minimum atomic E-state index is -4.17. The van der Waals surface area contributed by atoms with Crippen LogP contribution in [0.1, 0.15) is 18.1 Å². The number of benzene rings is 1. The molecule has 154 valence electrons. The van der Waals surface area contributed by atoms with Gasteiger partial charge in [0.15, 0.2) is 5.96 Å². The Bertz CT molecular complexity index is 618. The highest BCUT2D eigenvalue weighted by Crippen LogP contribution is 2.21. The summed E-state index contributed by atoms with van der Waals surface area (Å²) in [5.74, 6) is 0.535. The number of methoxy groups -OCH3 is 1. The molecule has 5 nitrogen and oxygen atoms in total. The number of alkyl halides is 3. The average molecular weight is 521 g/mol. The Kier molecular flexibility index (Phi) is 10.1. The van der Waals surface area contributed by atoms with Crippen molar-refractivity contribution >= 4 is 41.5 Å². The van der Waals surface area contributed by atoms with Crippen LogP contribution in [0.3, 0.4) is 0 Å². The highest BCUT2D eigenvalue weighted by Gasteiger charge is 2.34. The van der Waals surface area contributed by atoms with E-state index in [2.05, 4.69) is 15.6 Å². The first-order chi connectivity index (χ1) is 12.3. The second-order valence-electron chi connectivity index (χ2n) is 6.21. The molecule has 10 heteroatoms. The number of halogens is 5. The maximum Gasteiger partial charge on any atom is 0.401 e. The summed E-state index contributed by atoms with van der Waals surface area (Å²) >= 11 is 6.01. The number of ether oxygens (including phenoxy) is 1. The van der Waals surface area contributed by atoms with Gasteiger partial charge in [0.2, 0.25) is 0 Å². The van der Waals surface area contributed by atoms with Gasteiger partial charge in [-0.05, 0) is 24.1 Å². The molecule has 2 unspecified atom stereocenters. The molecule has 0 aromatic heterocycles. The fraction of sp³-hybridized carbons (Fsp3) is 0.588. The number of guanidine groups is 1. The molecule has 0 radical (unpaired) electrons. The van der Waals surface area contributed by atoms with E-state index in [9.17, 15) is 13.2 Å². The largest absolute Gasteiger partial charge is 0.401 e. The van der Waals surface area contributed by atoms with Crippen molar-refractivity contribution in [2.75, 3.05) is 40.3 Å². The summed E-state index contributed by atoms with van der Waals surface area (Å²) in [6, 6.07) is 7.32. The fourth-order valence-corrected chi connectivity index (χ4v) is 3.17. The van der Waals surface area contributed by atoms with E-state index in [1.165, 1.54) is 4.90 Å². The van der Waals surface area contributed by atoms with Crippen molar-refractivity contribution < 1.29 is 17.9 Å². The number of hydrogen-bond acceptors (Lipinski definition) is 3. The molecule has 2 rings (SSSR count). The van der Waals surface area contributed by atoms with Crippen molar-refractivity contribution in [3.05, 3.63) is 34.9 Å². The van der Waals surface area contributed by atoms with Crippen molar-refractivity contribution in [2.24, 2.45) is 4.99 Å². The predicted molar refractivity (Wildman–Crippen MR) is 112 cm³/mol.